The fourth-order valence-corrected chi connectivity index (χ4v) is 3.83. The summed E-state index contributed by atoms with van der Waals surface area (Å²) in [6.45, 7) is 0.0618. The van der Waals surface area contributed by atoms with Gasteiger partial charge in [-0.2, -0.15) is 0 Å². The number of sulfonamides is 1. The molecular formula is C13H18ClF3N2O2S. The third-order valence-electron chi connectivity index (χ3n) is 3.62. The number of benzene rings is 1. The van der Waals surface area contributed by atoms with E-state index in [1.165, 1.54) is 0 Å². The Morgan fingerprint density at radius 1 is 1.18 bits per heavy atom. The third-order valence-corrected chi connectivity index (χ3v) is 5.09. The molecule has 9 heteroatoms. The first-order valence-electron chi connectivity index (χ1n) is 6.69. The minimum absolute atomic E-state index is 0. The molecule has 0 aliphatic heterocycles. The van der Waals surface area contributed by atoms with Gasteiger partial charge >= 0.3 is 0 Å². The molecule has 0 aromatic heterocycles. The van der Waals surface area contributed by atoms with Crippen LogP contribution in [0.3, 0.4) is 0 Å². The molecule has 2 rings (SSSR count). The minimum atomic E-state index is -4.36. The van der Waals surface area contributed by atoms with Gasteiger partial charge in [-0.05, 0) is 25.2 Å². The molecule has 1 aliphatic carbocycles. The number of hydrogen-bond donors (Lipinski definition) is 2. The Balaban J connectivity index is 0.00000242. The summed E-state index contributed by atoms with van der Waals surface area (Å²) in [5.74, 6) is -4.02. The lowest BCUT2D eigenvalue weighted by molar-refractivity contribution is 0.322. The molecule has 1 aliphatic rings. The predicted molar refractivity (Wildman–Crippen MR) is 78.7 cm³/mol. The topological polar surface area (TPSA) is 72.2 Å². The van der Waals surface area contributed by atoms with Gasteiger partial charge in [-0.15, -0.1) is 12.4 Å². The summed E-state index contributed by atoms with van der Waals surface area (Å²) >= 11 is 0. The largest absolute Gasteiger partial charge is 0.328 e. The Morgan fingerprint density at radius 3 is 2.32 bits per heavy atom. The fourth-order valence-electron chi connectivity index (χ4n) is 2.60. The highest BCUT2D eigenvalue weighted by Gasteiger charge is 2.27. The fraction of sp³-hybridized carbons (Fsp3) is 0.538. The molecule has 0 amide bonds. The Hall–Kier alpha value is -0.830. The van der Waals surface area contributed by atoms with Crippen LogP contribution < -0.4 is 10.5 Å². The molecule has 22 heavy (non-hydrogen) atoms. The molecular weight excluding hydrogens is 341 g/mol. The van der Waals surface area contributed by atoms with Gasteiger partial charge in [-0.3, -0.25) is 0 Å². The number of nitrogens with one attached hydrogen (secondary N) is 1. The Bertz CT molecular complexity index is 605. The van der Waals surface area contributed by atoms with Crippen LogP contribution in [-0.4, -0.2) is 21.0 Å². The van der Waals surface area contributed by atoms with Crippen molar-refractivity contribution >= 4 is 22.4 Å². The molecule has 1 aromatic carbocycles. The summed E-state index contributed by atoms with van der Waals surface area (Å²) in [7, 11) is -4.36. The van der Waals surface area contributed by atoms with Crippen molar-refractivity contribution in [1.29, 1.82) is 0 Å². The average molecular weight is 359 g/mol. The second-order valence-corrected chi connectivity index (χ2v) is 7.05. The van der Waals surface area contributed by atoms with Gasteiger partial charge in [0.2, 0.25) is 10.0 Å². The van der Waals surface area contributed by atoms with E-state index in [-0.39, 0.29) is 30.9 Å². The van der Waals surface area contributed by atoms with E-state index in [4.69, 9.17) is 5.73 Å². The van der Waals surface area contributed by atoms with Gasteiger partial charge in [0.25, 0.3) is 0 Å². The minimum Gasteiger partial charge on any atom is -0.328 e. The van der Waals surface area contributed by atoms with Crippen molar-refractivity contribution in [1.82, 2.24) is 4.72 Å². The third kappa shape index (κ3) is 4.58. The number of nitrogens with two attached hydrogens (primary N) is 1. The molecule has 4 nitrogen and oxygen atoms in total. The Kier molecular flexibility index (Phi) is 6.66. The van der Waals surface area contributed by atoms with E-state index in [0.717, 1.165) is 19.3 Å². The second kappa shape index (κ2) is 7.63. The van der Waals surface area contributed by atoms with E-state index in [0.29, 0.717) is 18.6 Å². The molecule has 3 N–H and O–H groups in total. The van der Waals surface area contributed by atoms with Crippen LogP contribution in [0.4, 0.5) is 13.2 Å². The van der Waals surface area contributed by atoms with Crippen LogP contribution in [0.2, 0.25) is 0 Å². The quantitative estimate of drug-likeness (QED) is 0.867. The van der Waals surface area contributed by atoms with Crippen molar-refractivity contribution in [2.75, 3.05) is 6.54 Å². The predicted octanol–water partition coefficient (Wildman–Crippen LogP) is 2.32. The monoisotopic (exact) mass is 358 g/mol. The summed E-state index contributed by atoms with van der Waals surface area (Å²) < 4.78 is 65.9. The van der Waals surface area contributed by atoms with Crippen LogP contribution in [0.1, 0.15) is 25.7 Å². The van der Waals surface area contributed by atoms with E-state index in [1.54, 1.807) is 0 Å². The lowest BCUT2D eigenvalue weighted by atomic mass is 9.86. The van der Waals surface area contributed by atoms with E-state index in [9.17, 15) is 21.6 Å². The molecule has 1 saturated carbocycles. The molecule has 0 radical (unpaired) electrons. The SMILES string of the molecule is Cl.NC1CCCC(CNS(=O)(=O)c2c(F)cc(F)cc2F)C1. The summed E-state index contributed by atoms with van der Waals surface area (Å²) in [4.78, 5) is -1.15. The van der Waals surface area contributed by atoms with Crippen LogP contribution in [-0.2, 0) is 10.0 Å². The first kappa shape index (κ1) is 19.2. The molecule has 0 saturated heterocycles. The van der Waals surface area contributed by atoms with E-state index >= 15 is 0 Å². The molecule has 1 aromatic rings. The van der Waals surface area contributed by atoms with Gasteiger partial charge < -0.3 is 5.73 Å². The van der Waals surface area contributed by atoms with Gasteiger partial charge in [0, 0.05) is 24.7 Å². The maximum atomic E-state index is 13.5. The summed E-state index contributed by atoms with van der Waals surface area (Å²) in [5, 5.41) is 0. The summed E-state index contributed by atoms with van der Waals surface area (Å²) in [6, 6.07) is 0.704. The van der Waals surface area contributed by atoms with E-state index in [2.05, 4.69) is 4.72 Å². The maximum absolute atomic E-state index is 13.5. The van der Waals surface area contributed by atoms with Gasteiger partial charge in [-0.25, -0.2) is 26.3 Å². The van der Waals surface area contributed by atoms with Gasteiger partial charge in [0.1, 0.15) is 17.5 Å². The normalized spacial score (nSPS) is 22.2. The Labute approximate surface area is 133 Å². The van der Waals surface area contributed by atoms with Crippen molar-refractivity contribution < 1.29 is 21.6 Å². The molecule has 0 bridgehead atoms. The number of halogens is 4. The highest BCUT2D eigenvalue weighted by molar-refractivity contribution is 7.89. The smallest absolute Gasteiger partial charge is 0.246 e. The molecule has 0 spiro atoms. The van der Waals surface area contributed by atoms with Crippen LogP contribution >= 0.6 is 12.4 Å². The van der Waals surface area contributed by atoms with E-state index in [1.807, 2.05) is 0 Å². The Morgan fingerprint density at radius 2 is 1.77 bits per heavy atom. The van der Waals surface area contributed by atoms with Crippen molar-refractivity contribution in [3.05, 3.63) is 29.6 Å². The first-order valence-corrected chi connectivity index (χ1v) is 8.17. The molecule has 1 fully saturated rings. The van der Waals surface area contributed by atoms with Gasteiger partial charge in [-0.1, -0.05) is 6.42 Å². The van der Waals surface area contributed by atoms with Crippen molar-refractivity contribution in [3.8, 4) is 0 Å². The van der Waals surface area contributed by atoms with Crippen LogP contribution in [0.25, 0.3) is 0 Å². The lowest BCUT2D eigenvalue weighted by Gasteiger charge is -2.26. The second-order valence-electron chi connectivity index (χ2n) is 5.34. The maximum Gasteiger partial charge on any atom is 0.246 e. The van der Waals surface area contributed by atoms with E-state index < -0.39 is 32.4 Å². The van der Waals surface area contributed by atoms with Crippen molar-refractivity contribution in [3.63, 3.8) is 0 Å². The van der Waals surface area contributed by atoms with Gasteiger partial charge in [0.05, 0.1) is 0 Å². The molecule has 2 atom stereocenters. The summed E-state index contributed by atoms with van der Waals surface area (Å²) in [6.07, 6.45) is 3.26. The zero-order chi connectivity index (χ0) is 15.6. The molecule has 2 unspecified atom stereocenters. The number of rotatable bonds is 4. The lowest BCUT2D eigenvalue weighted by Crippen LogP contribution is -2.36. The zero-order valence-electron chi connectivity index (χ0n) is 11.7. The van der Waals surface area contributed by atoms with Crippen LogP contribution in [0.15, 0.2) is 17.0 Å². The highest BCUT2D eigenvalue weighted by atomic mass is 35.5. The van der Waals surface area contributed by atoms with Crippen molar-refractivity contribution in [2.24, 2.45) is 11.7 Å². The molecule has 126 valence electrons. The first-order chi connectivity index (χ1) is 9.79. The van der Waals surface area contributed by atoms with Crippen molar-refractivity contribution in [2.45, 2.75) is 36.6 Å². The zero-order valence-corrected chi connectivity index (χ0v) is 13.3. The highest BCUT2D eigenvalue weighted by Crippen LogP contribution is 2.24. The van der Waals surface area contributed by atoms with Crippen LogP contribution in [0, 0.1) is 23.4 Å². The standard InChI is InChI=1S/C13H17F3N2O2S.ClH/c14-9-5-11(15)13(12(16)6-9)21(19,20)18-7-8-2-1-3-10(17)4-8;/h5-6,8,10,18H,1-4,7,17H2;1H. The summed E-state index contributed by atoms with van der Waals surface area (Å²) in [5.41, 5.74) is 5.80. The van der Waals surface area contributed by atoms with Gasteiger partial charge in [0.15, 0.2) is 4.90 Å². The average Bonchev–Trinajstić information content (AvgIpc) is 2.35. The molecule has 0 heterocycles. The number of hydrogen-bond acceptors (Lipinski definition) is 3. The van der Waals surface area contributed by atoms with Crippen LogP contribution in [0.5, 0.6) is 0 Å².